The number of unbranched alkanes of at least 4 members (excludes halogenated alkanes) is 1. The summed E-state index contributed by atoms with van der Waals surface area (Å²) in [5, 5.41) is 8.33. The summed E-state index contributed by atoms with van der Waals surface area (Å²) >= 11 is 2.42. The summed E-state index contributed by atoms with van der Waals surface area (Å²) in [5.74, 6) is -0.675. The van der Waals surface area contributed by atoms with Gasteiger partial charge in [0.25, 0.3) is 0 Å². The van der Waals surface area contributed by atoms with Crippen molar-refractivity contribution in [3.8, 4) is 0 Å². The van der Waals surface area contributed by atoms with E-state index in [9.17, 15) is 4.79 Å². The third kappa shape index (κ3) is 8.10. The van der Waals surface area contributed by atoms with Crippen molar-refractivity contribution in [2.24, 2.45) is 0 Å². The van der Waals surface area contributed by atoms with Crippen molar-refractivity contribution in [3.63, 3.8) is 0 Å². The van der Waals surface area contributed by atoms with Crippen LogP contribution in [0.1, 0.15) is 39.0 Å². The van der Waals surface area contributed by atoms with Gasteiger partial charge < -0.3 is 5.11 Å². The van der Waals surface area contributed by atoms with Gasteiger partial charge in [0, 0.05) is 10.3 Å². The normalized spacial score (nSPS) is 12.9. The zero-order valence-electron chi connectivity index (χ0n) is 6.85. The molecule has 0 bridgehead atoms. The van der Waals surface area contributed by atoms with Gasteiger partial charge in [-0.05, 0) is 19.3 Å². The lowest BCUT2D eigenvalue weighted by Crippen LogP contribution is -1.97. The molecule has 0 saturated carbocycles. The number of carbonyl (C=O) groups is 1. The molecule has 0 fully saturated rings. The van der Waals surface area contributed by atoms with E-state index in [-0.39, 0.29) is 0 Å². The van der Waals surface area contributed by atoms with E-state index in [1.54, 1.807) is 0 Å². The molecule has 0 aliphatic carbocycles. The maximum absolute atomic E-state index is 10.1. The standard InChI is InChI=1S/C8H15IO2/c1-2-7(9)5-3-4-6-8(10)11/h7H,2-6H2,1H3,(H,10,11). The second kappa shape index (κ2) is 6.88. The Morgan fingerprint density at radius 1 is 1.55 bits per heavy atom. The Hall–Kier alpha value is 0.200. The molecule has 3 heteroatoms. The first-order valence-corrected chi connectivity index (χ1v) is 5.27. The predicted molar refractivity (Wildman–Crippen MR) is 54.2 cm³/mol. The lowest BCUT2D eigenvalue weighted by atomic mass is 10.1. The molecule has 2 nitrogen and oxygen atoms in total. The molecular weight excluding hydrogens is 255 g/mol. The number of hydrogen-bond acceptors (Lipinski definition) is 1. The fourth-order valence-corrected chi connectivity index (χ4v) is 1.29. The van der Waals surface area contributed by atoms with E-state index >= 15 is 0 Å². The zero-order valence-corrected chi connectivity index (χ0v) is 9.00. The number of rotatable bonds is 6. The van der Waals surface area contributed by atoms with Crippen LogP contribution in [0.4, 0.5) is 0 Å². The molecule has 1 N–H and O–H groups in total. The van der Waals surface area contributed by atoms with Crippen LogP contribution < -0.4 is 0 Å². The summed E-state index contributed by atoms with van der Waals surface area (Å²) in [5.41, 5.74) is 0. The van der Waals surface area contributed by atoms with Gasteiger partial charge in [0.2, 0.25) is 0 Å². The molecule has 0 aliphatic heterocycles. The Kier molecular flexibility index (Phi) is 7.01. The average Bonchev–Trinajstić information content (AvgIpc) is 1.97. The van der Waals surface area contributed by atoms with Crippen molar-refractivity contribution in [2.75, 3.05) is 0 Å². The van der Waals surface area contributed by atoms with Gasteiger partial charge in [-0.3, -0.25) is 4.79 Å². The van der Waals surface area contributed by atoms with E-state index in [0.29, 0.717) is 6.42 Å². The molecule has 11 heavy (non-hydrogen) atoms. The van der Waals surface area contributed by atoms with E-state index in [1.807, 2.05) is 0 Å². The fraction of sp³-hybridized carbons (Fsp3) is 0.875. The van der Waals surface area contributed by atoms with Gasteiger partial charge >= 0.3 is 5.97 Å². The topological polar surface area (TPSA) is 37.3 Å². The maximum atomic E-state index is 10.1. The molecule has 0 amide bonds. The van der Waals surface area contributed by atoms with Crippen LogP contribution in [0.5, 0.6) is 0 Å². The maximum Gasteiger partial charge on any atom is 0.303 e. The number of carboxylic acids is 1. The molecule has 1 atom stereocenters. The zero-order chi connectivity index (χ0) is 8.69. The van der Waals surface area contributed by atoms with Crippen LogP contribution in [0.3, 0.4) is 0 Å². The minimum atomic E-state index is -0.675. The highest BCUT2D eigenvalue weighted by Crippen LogP contribution is 2.14. The Bertz CT molecular complexity index is 115. The Morgan fingerprint density at radius 2 is 2.18 bits per heavy atom. The minimum absolute atomic E-state index is 0.326. The molecule has 0 heterocycles. The summed E-state index contributed by atoms with van der Waals surface area (Å²) in [4.78, 5) is 10.1. The smallest absolute Gasteiger partial charge is 0.303 e. The van der Waals surface area contributed by atoms with Gasteiger partial charge in [-0.1, -0.05) is 35.9 Å². The first-order valence-electron chi connectivity index (χ1n) is 4.02. The summed E-state index contributed by atoms with van der Waals surface area (Å²) in [6, 6.07) is 0. The van der Waals surface area contributed by atoms with Crippen LogP contribution in [0, 0.1) is 0 Å². The lowest BCUT2D eigenvalue weighted by molar-refractivity contribution is -0.137. The molecule has 0 aliphatic rings. The molecule has 66 valence electrons. The van der Waals surface area contributed by atoms with E-state index in [2.05, 4.69) is 29.5 Å². The monoisotopic (exact) mass is 270 g/mol. The molecule has 0 spiro atoms. The molecule has 0 rings (SSSR count). The van der Waals surface area contributed by atoms with Crippen LogP contribution in [0.15, 0.2) is 0 Å². The number of halogens is 1. The van der Waals surface area contributed by atoms with Gasteiger partial charge in [-0.25, -0.2) is 0 Å². The van der Waals surface area contributed by atoms with Crippen molar-refractivity contribution >= 4 is 28.6 Å². The van der Waals surface area contributed by atoms with Crippen molar-refractivity contribution < 1.29 is 9.90 Å². The second-order valence-corrected chi connectivity index (χ2v) is 4.41. The molecular formula is C8H15IO2. The Balaban J connectivity index is 3.08. The van der Waals surface area contributed by atoms with Gasteiger partial charge in [0.1, 0.15) is 0 Å². The molecule has 0 saturated heterocycles. The Labute approximate surface area is 81.5 Å². The quantitative estimate of drug-likeness (QED) is 0.458. The second-order valence-electron chi connectivity index (χ2n) is 2.65. The van der Waals surface area contributed by atoms with E-state index in [1.165, 1.54) is 6.42 Å². The minimum Gasteiger partial charge on any atom is -0.481 e. The van der Waals surface area contributed by atoms with Crippen molar-refractivity contribution in [1.29, 1.82) is 0 Å². The highest BCUT2D eigenvalue weighted by atomic mass is 127. The molecule has 0 radical (unpaired) electrons. The van der Waals surface area contributed by atoms with Gasteiger partial charge in [0.15, 0.2) is 0 Å². The van der Waals surface area contributed by atoms with Crippen molar-refractivity contribution in [1.82, 2.24) is 0 Å². The van der Waals surface area contributed by atoms with Crippen molar-refractivity contribution in [3.05, 3.63) is 0 Å². The summed E-state index contributed by atoms with van der Waals surface area (Å²) in [7, 11) is 0. The van der Waals surface area contributed by atoms with Gasteiger partial charge in [-0.2, -0.15) is 0 Å². The lowest BCUT2D eigenvalue weighted by Gasteiger charge is -2.04. The van der Waals surface area contributed by atoms with Crippen LogP contribution >= 0.6 is 22.6 Å². The van der Waals surface area contributed by atoms with Crippen molar-refractivity contribution in [2.45, 2.75) is 43.0 Å². The van der Waals surface area contributed by atoms with E-state index in [0.717, 1.165) is 23.2 Å². The number of hydrogen-bond donors (Lipinski definition) is 1. The van der Waals surface area contributed by atoms with Crippen LogP contribution in [0.25, 0.3) is 0 Å². The first kappa shape index (κ1) is 11.2. The molecule has 0 aromatic heterocycles. The first-order chi connectivity index (χ1) is 5.16. The molecule has 1 unspecified atom stereocenters. The number of carboxylic acid groups (broad SMARTS) is 1. The summed E-state index contributed by atoms with van der Waals surface area (Å²) in [6.45, 7) is 2.16. The SMILES string of the molecule is CCC(I)CCCCC(=O)O. The predicted octanol–water partition coefficient (Wildman–Crippen LogP) is 2.85. The average molecular weight is 270 g/mol. The molecule has 0 aromatic carbocycles. The number of aliphatic carboxylic acids is 1. The summed E-state index contributed by atoms with van der Waals surface area (Å²) in [6.07, 6.45) is 4.55. The largest absolute Gasteiger partial charge is 0.481 e. The summed E-state index contributed by atoms with van der Waals surface area (Å²) < 4.78 is 0.724. The highest BCUT2D eigenvalue weighted by Gasteiger charge is 2.01. The van der Waals surface area contributed by atoms with Gasteiger partial charge in [0.05, 0.1) is 0 Å². The van der Waals surface area contributed by atoms with E-state index in [4.69, 9.17) is 5.11 Å². The molecule has 0 aromatic rings. The third-order valence-electron chi connectivity index (χ3n) is 1.60. The number of alkyl halides is 1. The highest BCUT2D eigenvalue weighted by molar-refractivity contribution is 14.1. The third-order valence-corrected chi connectivity index (χ3v) is 3.10. The fourth-order valence-electron chi connectivity index (χ4n) is 0.846. The Morgan fingerprint density at radius 3 is 2.64 bits per heavy atom. The van der Waals surface area contributed by atoms with E-state index < -0.39 is 5.97 Å². The van der Waals surface area contributed by atoms with Crippen LogP contribution in [-0.2, 0) is 4.79 Å². The van der Waals surface area contributed by atoms with Crippen LogP contribution in [0.2, 0.25) is 0 Å². The van der Waals surface area contributed by atoms with Crippen LogP contribution in [-0.4, -0.2) is 15.0 Å². The van der Waals surface area contributed by atoms with Gasteiger partial charge in [-0.15, -0.1) is 0 Å².